The van der Waals surface area contributed by atoms with Crippen molar-refractivity contribution in [3.05, 3.63) is 79.9 Å². The summed E-state index contributed by atoms with van der Waals surface area (Å²) in [5.41, 5.74) is 2.56. The minimum Gasteiger partial charge on any atom is -0.332 e. The van der Waals surface area contributed by atoms with Crippen LogP contribution in [0.5, 0.6) is 0 Å². The molecule has 0 unspecified atom stereocenters. The molecule has 0 radical (unpaired) electrons. The third-order valence-electron chi connectivity index (χ3n) is 3.88. The first-order chi connectivity index (χ1) is 13.3. The monoisotopic (exact) mass is 435 g/mol. The van der Waals surface area contributed by atoms with Crippen molar-refractivity contribution in [2.24, 2.45) is 0 Å². The predicted octanol–water partition coefficient (Wildman–Crippen LogP) is 5.26. The SMILES string of the molecule is Cc1cc(NC(=S)Nc2ccc([N+](=O)[O-])cc2)nn1Cc1ccc(Cl)c(Cl)c1. The molecule has 1 heterocycles. The van der Waals surface area contributed by atoms with E-state index >= 15 is 0 Å². The maximum Gasteiger partial charge on any atom is 0.269 e. The normalized spacial score (nSPS) is 10.5. The van der Waals surface area contributed by atoms with E-state index in [1.54, 1.807) is 24.3 Å². The molecule has 1 aromatic heterocycles. The van der Waals surface area contributed by atoms with E-state index in [4.69, 9.17) is 35.4 Å². The Kier molecular flexibility index (Phi) is 6.13. The first-order valence-electron chi connectivity index (χ1n) is 8.12. The molecule has 2 N–H and O–H groups in total. The number of hydrogen-bond acceptors (Lipinski definition) is 4. The van der Waals surface area contributed by atoms with Crippen molar-refractivity contribution in [2.45, 2.75) is 13.5 Å². The van der Waals surface area contributed by atoms with Crippen LogP contribution < -0.4 is 10.6 Å². The maximum atomic E-state index is 10.7. The number of anilines is 2. The summed E-state index contributed by atoms with van der Waals surface area (Å²) in [4.78, 5) is 10.2. The van der Waals surface area contributed by atoms with Crippen LogP contribution in [0, 0.1) is 17.0 Å². The number of aryl methyl sites for hydroxylation is 1. The lowest BCUT2D eigenvalue weighted by molar-refractivity contribution is -0.384. The van der Waals surface area contributed by atoms with Gasteiger partial charge in [0.05, 0.1) is 21.5 Å². The fraction of sp³-hybridized carbons (Fsp3) is 0.111. The lowest BCUT2D eigenvalue weighted by Crippen LogP contribution is -2.19. The van der Waals surface area contributed by atoms with Crippen LogP contribution in [0.1, 0.15) is 11.3 Å². The van der Waals surface area contributed by atoms with E-state index in [1.165, 1.54) is 12.1 Å². The summed E-state index contributed by atoms with van der Waals surface area (Å²) in [7, 11) is 0. The molecule has 7 nitrogen and oxygen atoms in total. The van der Waals surface area contributed by atoms with Gasteiger partial charge in [0.1, 0.15) is 0 Å². The van der Waals surface area contributed by atoms with Gasteiger partial charge in [-0.05, 0) is 49.0 Å². The van der Waals surface area contributed by atoms with E-state index in [2.05, 4.69) is 15.7 Å². The van der Waals surface area contributed by atoms with Crippen LogP contribution in [0.4, 0.5) is 17.2 Å². The Morgan fingerprint density at radius 1 is 1.14 bits per heavy atom. The maximum absolute atomic E-state index is 10.7. The third kappa shape index (κ3) is 4.98. The summed E-state index contributed by atoms with van der Waals surface area (Å²) < 4.78 is 1.82. The van der Waals surface area contributed by atoms with Crippen molar-refractivity contribution in [1.82, 2.24) is 9.78 Å². The average molecular weight is 436 g/mol. The Balaban J connectivity index is 1.64. The van der Waals surface area contributed by atoms with Crippen molar-refractivity contribution in [2.75, 3.05) is 10.6 Å². The highest BCUT2D eigenvalue weighted by Gasteiger charge is 2.09. The molecule has 0 fully saturated rings. The molecule has 0 amide bonds. The summed E-state index contributed by atoms with van der Waals surface area (Å²) in [5.74, 6) is 0.581. The Bertz CT molecular complexity index is 1040. The molecular formula is C18H15Cl2N5O2S. The van der Waals surface area contributed by atoms with Gasteiger partial charge in [-0.3, -0.25) is 14.8 Å². The summed E-state index contributed by atoms with van der Waals surface area (Å²) in [6, 6.07) is 13.3. The minimum atomic E-state index is -0.455. The average Bonchev–Trinajstić information content (AvgIpc) is 2.97. The quantitative estimate of drug-likeness (QED) is 0.322. The van der Waals surface area contributed by atoms with Crippen molar-refractivity contribution < 1.29 is 4.92 Å². The van der Waals surface area contributed by atoms with Crippen molar-refractivity contribution >= 4 is 57.7 Å². The van der Waals surface area contributed by atoms with Crippen molar-refractivity contribution in [3.8, 4) is 0 Å². The van der Waals surface area contributed by atoms with E-state index in [0.717, 1.165) is 11.3 Å². The predicted molar refractivity (Wildman–Crippen MR) is 115 cm³/mol. The number of nitrogens with one attached hydrogen (secondary N) is 2. The number of hydrogen-bond donors (Lipinski definition) is 2. The molecule has 10 heteroatoms. The first-order valence-corrected chi connectivity index (χ1v) is 9.29. The van der Waals surface area contributed by atoms with Crippen LogP contribution >= 0.6 is 35.4 Å². The smallest absolute Gasteiger partial charge is 0.269 e. The van der Waals surface area contributed by atoms with Gasteiger partial charge >= 0.3 is 0 Å². The molecule has 2 aromatic carbocycles. The summed E-state index contributed by atoms with van der Waals surface area (Å²) in [5, 5.41) is 22.5. The second-order valence-electron chi connectivity index (χ2n) is 5.96. The largest absolute Gasteiger partial charge is 0.332 e. The number of nitrogens with zero attached hydrogens (tertiary/aromatic N) is 3. The van der Waals surface area contributed by atoms with Gasteiger partial charge in [-0.25, -0.2) is 0 Å². The van der Waals surface area contributed by atoms with Gasteiger partial charge in [-0.1, -0.05) is 29.3 Å². The molecule has 0 saturated heterocycles. The Labute approximate surface area is 176 Å². The van der Waals surface area contributed by atoms with E-state index < -0.39 is 4.92 Å². The van der Waals surface area contributed by atoms with Crippen molar-refractivity contribution in [3.63, 3.8) is 0 Å². The Morgan fingerprint density at radius 2 is 1.86 bits per heavy atom. The molecule has 0 aliphatic carbocycles. The molecule has 28 heavy (non-hydrogen) atoms. The molecule has 0 aliphatic heterocycles. The number of nitro benzene ring substituents is 1. The molecular weight excluding hydrogens is 421 g/mol. The molecule has 144 valence electrons. The molecule has 0 saturated carbocycles. The van der Waals surface area contributed by atoms with Gasteiger partial charge in [0.25, 0.3) is 5.69 Å². The number of non-ortho nitro benzene ring substituents is 1. The summed E-state index contributed by atoms with van der Waals surface area (Å²) in [6.07, 6.45) is 0. The lowest BCUT2D eigenvalue weighted by atomic mass is 10.2. The molecule has 3 aromatic rings. The molecule has 0 aliphatic rings. The van der Waals surface area contributed by atoms with Crippen LogP contribution in [0.15, 0.2) is 48.5 Å². The van der Waals surface area contributed by atoms with Crippen LogP contribution in [0.2, 0.25) is 10.0 Å². The number of nitro groups is 1. The molecule has 0 bridgehead atoms. The van der Waals surface area contributed by atoms with Gasteiger partial charge in [0.2, 0.25) is 0 Å². The first kappa shape index (κ1) is 20.1. The highest BCUT2D eigenvalue weighted by atomic mass is 35.5. The second kappa shape index (κ2) is 8.55. The standard InChI is InChI=1S/C18H15Cl2N5O2S/c1-11-8-17(23-24(11)10-12-2-7-15(19)16(20)9-12)22-18(28)21-13-3-5-14(6-4-13)25(26)27/h2-9H,10H2,1H3,(H2,21,22,23,28). The van der Waals surface area contributed by atoms with Crippen LogP contribution in [0.25, 0.3) is 0 Å². The van der Waals surface area contributed by atoms with Crippen molar-refractivity contribution in [1.29, 1.82) is 0 Å². The third-order valence-corrected chi connectivity index (χ3v) is 4.82. The number of halogens is 2. The van der Waals surface area contributed by atoms with E-state index in [-0.39, 0.29) is 5.69 Å². The van der Waals surface area contributed by atoms with Gasteiger partial charge in [0.15, 0.2) is 10.9 Å². The lowest BCUT2D eigenvalue weighted by Gasteiger charge is -2.08. The van der Waals surface area contributed by atoms with Crippen LogP contribution in [-0.4, -0.2) is 19.8 Å². The second-order valence-corrected chi connectivity index (χ2v) is 7.18. The van der Waals surface area contributed by atoms with Gasteiger partial charge in [0, 0.05) is 29.6 Å². The fourth-order valence-corrected chi connectivity index (χ4v) is 3.03. The summed E-state index contributed by atoms with van der Waals surface area (Å²) in [6.45, 7) is 2.47. The van der Waals surface area contributed by atoms with Gasteiger partial charge in [-0.2, -0.15) is 5.10 Å². The molecule has 0 atom stereocenters. The number of benzene rings is 2. The zero-order valence-corrected chi connectivity index (χ0v) is 17.0. The zero-order chi connectivity index (χ0) is 20.3. The highest BCUT2D eigenvalue weighted by Crippen LogP contribution is 2.23. The Hall–Kier alpha value is -2.68. The van der Waals surface area contributed by atoms with Crippen LogP contribution in [-0.2, 0) is 6.54 Å². The topological polar surface area (TPSA) is 85.0 Å². The minimum absolute atomic E-state index is 0.0149. The number of aromatic nitrogens is 2. The Morgan fingerprint density at radius 3 is 2.50 bits per heavy atom. The van der Waals surface area contributed by atoms with E-state index in [9.17, 15) is 10.1 Å². The number of thiocarbonyl (C=S) groups is 1. The summed E-state index contributed by atoms with van der Waals surface area (Å²) >= 11 is 17.3. The molecule has 0 spiro atoms. The van der Waals surface area contributed by atoms with Crippen LogP contribution in [0.3, 0.4) is 0 Å². The highest BCUT2D eigenvalue weighted by molar-refractivity contribution is 7.80. The fourth-order valence-electron chi connectivity index (χ4n) is 2.49. The van der Waals surface area contributed by atoms with E-state index in [0.29, 0.717) is 33.2 Å². The molecule has 3 rings (SSSR count). The number of rotatable bonds is 5. The van der Waals surface area contributed by atoms with Gasteiger partial charge in [-0.15, -0.1) is 0 Å². The van der Waals surface area contributed by atoms with E-state index in [1.807, 2.05) is 23.7 Å². The van der Waals surface area contributed by atoms with Gasteiger partial charge < -0.3 is 10.6 Å². The zero-order valence-electron chi connectivity index (χ0n) is 14.6.